The van der Waals surface area contributed by atoms with Gasteiger partial charge in [-0.2, -0.15) is 0 Å². The molecular weight excluding hydrogens is 284 g/mol. The minimum atomic E-state index is 0.542. The Hall–Kier alpha value is -1.86. The zero-order chi connectivity index (χ0) is 14.9. The number of hydrogen-bond donors (Lipinski definition) is 0. The fourth-order valence-electron chi connectivity index (χ4n) is 3.72. The summed E-state index contributed by atoms with van der Waals surface area (Å²) >= 11 is 1.82. The van der Waals surface area contributed by atoms with Gasteiger partial charge in [0.15, 0.2) is 0 Å². The first-order valence-electron chi connectivity index (χ1n) is 8.03. The molecule has 0 nitrogen and oxygen atoms in total. The zero-order valence-electron chi connectivity index (χ0n) is 12.8. The summed E-state index contributed by atoms with van der Waals surface area (Å²) in [5.41, 5.74) is 5.88. The van der Waals surface area contributed by atoms with Crippen molar-refractivity contribution in [2.75, 3.05) is 0 Å². The van der Waals surface area contributed by atoms with Crippen LogP contribution in [0.5, 0.6) is 0 Å². The lowest BCUT2D eigenvalue weighted by molar-refractivity contribution is 0.464. The van der Waals surface area contributed by atoms with Gasteiger partial charge in [-0.3, -0.25) is 0 Å². The Bertz CT molecular complexity index is 770. The van der Waals surface area contributed by atoms with Crippen LogP contribution in [0, 0.1) is 5.92 Å². The molecule has 0 bridgehead atoms. The Morgan fingerprint density at radius 1 is 0.955 bits per heavy atom. The summed E-state index contributed by atoms with van der Waals surface area (Å²) in [6, 6.07) is 22.5. The minimum Gasteiger partial charge on any atom is -0.144 e. The van der Waals surface area contributed by atoms with Crippen molar-refractivity contribution in [3.05, 3.63) is 82.7 Å². The van der Waals surface area contributed by atoms with E-state index in [4.69, 9.17) is 0 Å². The summed E-state index contributed by atoms with van der Waals surface area (Å²) in [7, 11) is 0. The van der Waals surface area contributed by atoms with Crippen molar-refractivity contribution in [2.24, 2.45) is 5.92 Å². The van der Waals surface area contributed by atoms with E-state index in [0.29, 0.717) is 5.92 Å². The Labute approximate surface area is 136 Å². The van der Waals surface area contributed by atoms with E-state index in [1.807, 2.05) is 11.3 Å². The third-order valence-corrected chi connectivity index (χ3v) is 5.65. The van der Waals surface area contributed by atoms with Crippen molar-refractivity contribution in [3.8, 4) is 10.4 Å². The maximum atomic E-state index is 2.39. The maximum Gasteiger partial charge on any atom is 0.0342 e. The number of fused-ring (bicyclic) bond motifs is 1. The maximum absolute atomic E-state index is 2.39. The second kappa shape index (κ2) is 5.73. The topological polar surface area (TPSA) is 0 Å². The largest absolute Gasteiger partial charge is 0.144 e. The molecule has 1 aliphatic rings. The molecule has 0 radical (unpaired) electrons. The summed E-state index contributed by atoms with van der Waals surface area (Å²) in [6.07, 6.45) is 2.47. The fraction of sp³-hybridized carbons (Fsp3) is 0.238. The van der Waals surface area contributed by atoms with E-state index in [1.165, 1.54) is 40.0 Å². The van der Waals surface area contributed by atoms with Crippen molar-refractivity contribution in [3.63, 3.8) is 0 Å². The molecule has 1 heterocycles. The van der Waals surface area contributed by atoms with Crippen molar-refractivity contribution in [2.45, 2.75) is 25.7 Å². The first-order valence-corrected chi connectivity index (χ1v) is 8.91. The van der Waals surface area contributed by atoms with Gasteiger partial charge in [0.05, 0.1) is 0 Å². The lowest BCUT2D eigenvalue weighted by Crippen LogP contribution is -2.17. The molecule has 4 rings (SSSR count). The monoisotopic (exact) mass is 304 g/mol. The highest BCUT2D eigenvalue weighted by Gasteiger charge is 2.25. The predicted molar refractivity (Wildman–Crippen MR) is 95.5 cm³/mol. The zero-order valence-corrected chi connectivity index (χ0v) is 13.6. The molecule has 1 aromatic heterocycles. The van der Waals surface area contributed by atoms with Crippen molar-refractivity contribution >= 4 is 11.3 Å². The van der Waals surface area contributed by atoms with Crippen molar-refractivity contribution in [1.29, 1.82) is 0 Å². The lowest BCUT2D eigenvalue weighted by atomic mass is 9.74. The Morgan fingerprint density at radius 3 is 2.73 bits per heavy atom. The fourth-order valence-corrected chi connectivity index (χ4v) is 4.44. The molecule has 1 aliphatic carbocycles. The van der Waals surface area contributed by atoms with Crippen LogP contribution in [0.25, 0.3) is 10.4 Å². The molecule has 0 N–H and O–H groups in total. The molecule has 22 heavy (non-hydrogen) atoms. The van der Waals surface area contributed by atoms with Crippen LogP contribution in [0.3, 0.4) is 0 Å². The molecule has 1 heteroatoms. The normalized spacial score (nSPS) is 20.6. The third-order valence-electron chi connectivity index (χ3n) is 4.73. The average Bonchev–Trinajstić information content (AvgIpc) is 3.09. The molecule has 0 saturated carbocycles. The van der Waals surface area contributed by atoms with Gasteiger partial charge in [0.25, 0.3) is 0 Å². The minimum absolute atomic E-state index is 0.542. The van der Waals surface area contributed by atoms with Crippen LogP contribution < -0.4 is 0 Å². The van der Waals surface area contributed by atoms with Gasteiger partial charge in [-0.25, -0.2) is 0 Å². The molecule has 0 amide bonds. The number of hydrogen-bond acceptors (Lipinski definition) is 1. The second-order valence-electron chi connectivity index (χ2n) is 6.40. The average molecular weight is 304 g/mol. The van der Waals surface area contributed by atoms with Crippen LogP contribution in [0.2, 0.25) is 0 Å². The van der Waals surface area contributed by atoms with E-state index in [-0.39, 0.29) is 0 Å². The highest BCUT2D eigenvalue weighted by molar-refractivity contribution is 7.13. The number of rotatable bonds is 2. The van der Waals surface area contributed by atoms with Crippen LogP contribution in [0.1, 0.15) is 36.0 Å². The predicted octanol–water partition coefficient (Wildman–Crippen LogP) is 6.13. The lowest BCUT2D eigenvalue weighted by Gasteiger charge is -2.30. The molecule has 0 spiro atoms. The summed E-state index contributed by atoms with van der Waals surface area (Å²) in [5.74, 6) is 1.30. The summed E-state index contributed by atoms with van der Waals surface area (Å²) < 4.78 is 0. The van der Waals surface area contributed by atoms with E-state index in [2.05, 4.69) is 73.0 Å². The van der Waals surface area contributed by atoms with Crippen LogP contribution >= 0.6 is 11.3 Å². The van der Waals surface area contributed by atoms with Crippen LogP contribution in [-0.2, 0) is 6.42 Å². The SMILES string of the molecule is C[C@@H]1Cc2ccccc2C(c2cccc(-c3cccs3)c2)C1. The van der Waals surface area contributed by atoms with Gasteiger partial charge in [-0.05, 0) is 58.5 Å². The molecule has 1 unspecified atom stereocenters. The van der Waals surface area contributed by atoms with Crippen LogP contribution in [0.4, 0.5) is 0 Å². The summed E-state index contributed by atoms with van der Waals surface area (Å²) in [6.45, 7) is 2.38. The van der Waals surface area contributed by atoms with Gasteiger partial charge >= 0.3 is 0 Å². The summed E-state index contributed by atoms with van der Waals surface area (Å²) in [5, 5.41) is 2.15. The van der Waals surface area contributed by atoms with Gasteiger partial charge < -0.3 is 0 Å². The van der Waals surface area contributed by atoms with Gasteiger partial charge in [-0.1, -0.05) is 55.5 Å². The van der Waals surface area contributed by atoms with E-state index in [9.17, 15) is 0 Å². The first-order chi connectivity index (χ1) is 10.8. The molecule has 2 atom stereocenters. The quantitative estimate of drug-likeness (QED) is 0.534. The molecule has 0 aliphatic heterocycles. The number of thiophene rings is 1. The standard InChI is InChI=1S/C21H20S/c1-15-12-16-6-2-3-9-19(16)20(13-15)17-7-4-8-18(14-17)21-10-5-11-22-21/h2-11,14-15,20H,12-13H2,1H3/t15-,20?/m1/s1. The first kappa shape index (κ1) is 13.8. The van der Waals surface area contributed by atoms with Crippen LogP contribution in [0.15, 0.2) is 66.0 Å². The highest BCUT2D eigenvalue weighted by Crippen LogP contribution is 2.40. The second-order valence-corrected chi connectivity index (χ2v) is 7.35. The van der Waals surface area contributed by atoms with E-state index in [1.54, 1.807) is 0 Å². The Kier molecular flexibility index (Phi) is 3.59. The molecule has 110 valence electrons. The third kappa shape index (κ3) is 2.50. The van der Waals surface area contributed by atoms with E-state index < -0.39 is 0 Å². The van der Waals surface area contributed by atoms with Gasteiger partial charge in [0.2, 0.25) is 0 Å². The Balaban J connectivity index is 1.78. The Morgan fingerprint density at radius 2 is 1.86 bits per heavy atom. The molecule has 0 saturated heterocycles. The van der Waals surface area contributed by atoms with Gasteiger partial charge in [0, 0.05) is 10.8 Å². The summed E-state index contributed by atoms with van der Waals surface area (Å²) in [4.78, 5) is 1.36. The molecular formula is C21H20S. The van der Waals surface area contributed by atoms with E-state index >= 15 is 0 Å². The highest BCUT2D eigenvalue weighted by atomic mass is 32.1. The number of benzene rings is 2. The molecule has 0 fully saturated rings. The molecule has 3 aromatic rings. The van der Waals surface area contributed by atoms with Crippen molar-refractivity contribution in [1.82, 2.24) is 0 Å². The van der Waals surface area contributed by atoms with Crippen LogP contribution in [-0.4, -0.2) is 0 Å². The van der Waals surface area contributed by atoms with Gasteiger partial charge in [-0.15, -0.1) is 11.3 Å². The van der Waals surface area contributed by atoms with E-state index in [0.717, 1.165) is 5.92 Å². The van der Waals surface area contributed by atoms with Crippen molar-refractivity contribution < 1.29 is 0 Å². The smallest absolute Gasteiger partial charge is 0.0342 e. The molecule has 2 aromatic carbocycles. The van der Waals surface area contributed by atoms with Gasteiger partial charge in [0.1, 0.15) is 0 Å².